The minimum absolute atomic E-state index is 0.0484. The summed E-state index contributed by atoms with van der Waals surface area (Å²) in [4.78, 5) is 11.7. The first-order chi connectivity index (χ1) is 8.85. The highest BCUT2D eigenvalue weighted by atomic mass is 32.2. The van der Waals surface area contributed by atoms with E-state index in [1.54, 1.807) is 25.1 Å². The molecule has 0 aromatic heterocycles. The maximum atomic E-state index is 11.7. The molecule has 1 rings (SSSR count). The lowest BCUT2D eigenvalue weighted by atomic mass is 10.1. The van der Waals surface area contributed by atoms with Crippen LogP contribution in [-0.2, 0) is 14.6 Å². The smallest absolute Gasteiger partial charge is 0.224 e. The number of carbonyl (C=O) groups excluding carboxylic acids is 1. The van der Waals surface area contributed by atoms with Gasteiger partial charge in [-0.05, 0) is 31.0 Å². The Kier molecular flexibility index (Phi) is 5.35. The van der Waals surface area contributed by atoms with E-state index < -0.39 is 9.84 Å². The van der Waals surface area contributed by atoms with Crippen molar-refractivity contribution >= 4 is 27.1 Å². The van der Waals surface area contributed by atoms with Crippen molar-refractivity contribution in [2.75, 3.05) is 22.6 Å². The summed E-state index contributed by atoms with van der Waals surface area (Å²) in [6.45, 7) is 3.43. The molecule has 1 amide bonds. The molecule has 19 heavy (non-hydrogen) atoms. The standard InChI is InChI=1S/C13H20N2O3S/c1-3-19(17,18)9-5-8-13(16)15-12-7-4-6-11(14)10(12)2/h4,6-7H,3,5,8-9,14H2,1-2H3,(H,15,16). The zero-order valence-electron chi connectivity index (χ0n) is 11.3. The second-order valence-electron chi connectivity index (χ2n) is 4.41. The van der Waals surface area contributed by atoms with Gasteiger partial charge in [-0.2, -0.15) is 0 Å². The predicted octanol–water partition coefficient (Wildman–Crippen LogP) is 1.73. The molecular weight excluding hydrogens is 264 g/mol. The SMILES string of the molecule is CCS(=O)(=O)CCCC(=O)Nc1cccc(N)c1C. The minimum Gasteiger partial charge on any atom is -0.398 e. The summed E-state index contributed by atoms with van der Waals surface area (Å²) in [5.41, 5.74) is 7.84. The minimum atomic E-state index is -3.00. The number of amides is 1. The Bertz CT molecular complexity index is 553. The molecule has 5 nitrogen and oxygen atoms in total. The van der Waals surface area contributed by atoms with Crippen molar-refractivity contribution in [3.63, 3.8) is 0 Å². The summed E-state index contributed by atoms with van der Waals surface area (Å²) in [6.07, 6.45) is 0.525. The highest BCUT2D eigenvalue weighted by Gasteiger charge is 2.10. The van der Waals surface area contributed by atoms with E-state index in [0.717, 1.165) is 5.56 Å². The lowest BCUT2D eigenvalue weighted by Gasteiger charge is -2.10. The van der Waals surface area contributed by atoms with Gasteiger partial charge in [0.25, 0.3) is 0 Å². The van der Waals surface area contributed by atoms with Crippen LogP contribution in [-0.4, -0.2) is 25.8 Å². The van der Waals surface area contributed by atoms with E-state index in [-0.39, 0.29) is 23.8 Å². The molecule has 0 saturated heterocycles. The fourth-order valence-corrected chi connectivity index (χ4v) is 2.47. The number of anilines is 2. The number of hydrogen-bond acceptors (Lipinski definition) is 4. The summed E-state index contributed by atoms with van der Waals surface area (Å²) in [7, 11) is -3.00. The molecule has 0 heterocycles. The van der Waals surface area contributed by atoms with Crippen LogP contribution in [0.2, 0.25) is 0 Å². The summed E-state index contributed by atoms with van der Waals surface area (Å²) >= 11 is 0. The molecule has 0 atom stereocenters. The van der Waals surface area contributed by atoms with Crippen molar-refractivity contribution < 1.29 is 13.2 Å². The average Bonchev–Trinajstić information content (AvgIpc) is 2.35. The van der Waals surface area contributed by atoms with Crippen LogP contribution in [0.1, 0.15) is 25.3 Å². The Labute approximate surface area is 114 Å². The maximum Gasteiger partial charge on any atom is 0.224 e. The van der Waals surface area contributed by atoms with Gasteiger partial charge in [-0.3, -0.25) is 4.79 Å². The number of nitrogens with one attached hydrogen (secondary N) is 1. The second kappa shape index (κ2) is 6.56. The number of sulfone groups is 1. The summed E-state index contributed by atoms with van der Waals surface area (Å²) in [5.74, 6) is -0.0320. The third-order valence-corrected chi connectivity index (χ3v) is 4.74. The number of hydrogen-bond donors (Lipinski definition) is 2. The highest BCUT2D eigenvalue weighted by molar-refractivity contribution is 7.91. The molecule has 6 heteroatoms. The first-order valence-electron chi connectivity index (χ1n) is 6.21. The van der Waals surface area contributed by atoms with E-state index in [1.807, 2.05) is 6.92 Å². The largest absolute Gasteiger partial charge is 0.398 e. The zero-order valence-corrected chi connectivity index (χ0v) is 12.1. The molecule has 0 saturated carbocycles. The third-order valence-electron chi connectivity index (χ3n) is 2.95. The van der Waals surface area contributed by atoms with E-state index in [1.165, 1.54) is 0 Å². The van der Waals surface area contributed by atoms with Crippen molar-refractivity contribution in [2.24, 2.45) is 0 Å². The van der Waals surface area contributed by atoms with Gasteiger partial charge in [-0.1, -0.05) is 13.0 Å². The predicted molar refractivity (Wildman–Crippen MR) is 77.8 cm³/mol. The van der Waals surface area contributed by atoms with Crippen LogP contribution in [0.5, 0.6) is 0 Å². The van der Waals surface area contributed by atoms with E-state index >= 15 is 0 Å². The number of benzene rings is 1. The van der Waals surface area contributed by atoms with Gasteiger partial charge in [0.2, 0.25) is 5.91 Å². The van der Waals surface area contributed by atoms with Crippen LogP contribution in [0.25, 0.3) is 0 Å². The lowest BCUT2D eigenvalue weighted by molar-refractivity contribution is -0.116. The highest BCUT2D eigenvalue weighted by Crippen LogP contribution is 2.20. The fraction of sp³-hybridized carbons (Fsp3) is 0.462. The van der Waals surface area contributed by atoms with Crippen molar-refractivity contribution in [2.45, 2.75) is 26.7 Å². The van der Waals surface area contributed by atoms with E-state index in [9.17, 15) is 13.2 Å². The first-order valence-corrected chi connectivity index (χ1v) is 8.03. The van der Waals surface area contributed by atoms with Crippen LogP contribution in [0.4, 0.5) is 11.4 Å². The molecule has 0 aliphatic heterocycles. The first kappa shape index (κ1) is 15.5. The van der Waals surface area contributed by atoms with Crippen molar-refractivity contribution in [1.29, 1.82) is 0 Å². The molecule has 0 bridgehead atoms. The normalized spacial score (nSPS) is 11.3. The number of rotatable bonds is 6. The maximum absolute atomic E-state index is 11.7. The van der Waals surface area contributed by atoms with Gasteiger partial charge in [0.1, 0.15) is 9.84 Å². The number of carbonyl (C=O) groups is 1. The average molecular weight is 284 g/mol. The molecule has 0 aliphatic carbocycles. The van der Waals surface area contributed by atoms with Gasteiger partial charge >= 0.3 is 0 Å². The van der Waals surface area contributed by atoms with Gasteiger partial charge in [0, 0.05) is 23.5 Å². The third kappa shape index (κ3) is 4.90. The Morgan fingerprint density at radius 2 is 2.05 bits per heavy atom. The summed E-state index contributed by atoms with van der Waals surface area (Å²) in [6, 6.07) is 5.30. The van der Waals surface area contributed by atoms with Gasteiger partial charge in [0.15, 0.2) is 0 Å². The van der Waals surface area contributed by atoms with Gasteiger partial charge < -0.3 is 11.1 Å². The van der Waals surface area contributed by atoms with Crippen molar-refractivity contribution in [3.05, 3.63) is 23.8 Å². The van der Waals surface area contributed by atoms with Crippen LogP contribution >= 0.6 is 0 Å². The lowest BCUT2D eigenvalue weighted by Crippen LogP contribution is -2.15. The van der Waals surface area contributed by atoms with Crippen molar-refractivity contribution in [1.82, 2.24) is 0 Å². The quantitative estimate of drug-likeness (QED) is 0.778. The molecule has 0 radical (unpaired) electrons. The Morgan fingerprint density at radius 1 is 1.37 bits per heavy atom. The second-order valence-corrected chi connectivity index (χ2v) is 6.88. The molecule has 0 fully saturated rings. The molecule has 1 aromatic carbocycles. The van der Waals surface area contributed by atoms with Gasteiger partial charge in [-0.25, -0.2) is 8.42 Å². The van der Waals surface area contributed by atoms with E-state index in [2.05, 4.69) is 5.32 Å². The number of nitrogen functional groups attached to an aromatic ring is 1. The van der Waals surface area contributed by atoms with E-state index in [0.29, 0.717) is 17.8 Å². The fourth-order valence-electron chi connectivity index (χ4n) is 1.60. The summed E-state index contributed by atoms with van der Waals surface area (Å²) < 4.78 is 22.6. The van der Waals surface area contributed by atoms with Gasteiger partial charge in [-0.15, -0.1) is 0 Å². The Morgan fingerprint density at radius 3 is 2.68 bits per heavy atom. The monoisotopic (exact) mass is 284 g/mol. The van der Waals surface area contributed by atoms with Crippen LogP contribution < -0.4 is 11.1 Å². The molecule has 0 unspecified atom stereocenters. The van der Waals surface area contributed by atoms with Crippen LogP contribution in [0.3, 0.4) is 0 Å². The Balaban J connectivity index is 2.50. The molecule has 0 aliphatic rings. The van der Waals surface area contributed by atoms with Crippen LogP contribution in [0.15, 0.2) is 18.2 Å². The van der Waals surface area contributed by atoms with Gasteiger partial charge in [0.05, 0.1) is 5.75 Å². The molecule has 106 valence electrons. The molecule has 1 aromatic rings. The molecule has 3 N–H and O–H groups in total. The topological polar surface area (TPSA) is 89.3 Å². The van der Waals surface area contributed by atoms with E-state index in [4.69, 9.17) is 5.73 Å². The van der Waals surface area contributed by atoms with Crippen LogP contribution in [0, 0.1) is 6.92 Å². The molecule has 0 spiro atoms. The zero-order chi connectivity index (χ0) is 14.5. The number of nitrogens with two attached hydrogens (primary N) is 1. The van der Waals surface area contributed by atoms with Crippen molar-refractivity contribution in [3.8, 4) is 0 Å². The molecular formula is C13H20N2O3S. The Hall–Kier alpha value is -1.56. The summed E-state index contributed by atoms with van der Waals surface area (Å²) in [5, 5.41) is 2.74.